The molecule has 2 aromatic carbocycles. The molecule has 3 heteroatoms. The van der Waals surface area contributed by atoms with Gasteiger partial charge in [0.25, 0.3) is 0 Å². The summed E-state index contributed by atoms with van der Waals surface area (Å²) in [4.78, 5) is 16.9. The summed E-state index contributed by atoms with van der Waals surface area (Å²) in [7, 11) is 0. The minimum atomic E-state index is -0.116. The molecule has 0 saturated carbocycles. The first-order chi connectivity index (χ1) is 20.7. The summed E-state index contributed by atoms with van der Waals surface area (Å²) in [5.74, 6) is 0.808. The fraction of sp³-hybridized carbons (Fsp3) is 0.425. The monoisotopic (exact) mass is 595 g/mol. The zero-order valence-corrected chi connectivity index (χ0v) is 28.8. The smallest absolute Gasteiger partial charge is 0.166 e. The number of Topliss-reactive ketones (excluding diaryl/α,β-unsaturated/α-hetero) is 1. The number of hydrogen-bond acceptors (Lipinski definition) is 3. The molecule has 230 valence electrons. The number of aryl methyl sites for hydroxylation is 2. The summed E-state index contributed by atoms with van der Waals surface area (Å²) in [5, 5.41) is 3.88. The Morgan fingerprint density at radius 1 is 0.930 bits per heavy atom. The summed E-state index contributed by atoms with van der Waals surface area (Å²) in [6.07, 6.45) is 9.40. The zero-order valence-electron chi connectivity index (χ0n) is 28.0. The number of rotatable bonds is 11. The highest BCUT2D eigenvalue weighted by Crippen LogP contribution is 2.39. The Balaban J connectivity index is 0.00000248. The maximum Gasteiger partial charge on any atom is 0.166 e. The summed E-state index contributed by atoms with van der Waals surface area (Å²) >= 11 is 1.82. The topological polar surface area (TPSA) is 29.1 Å². The highest BCUT2D eigenvalue weighted by Gasteiger charge is 2.30. The van der Waals surface area contributed by atoms with E-state index < -0.39 is 0 Å². The molecule has 3 atom stereocenters. The number of allylic oxidation sites excluding steroid dienone is 4. The number of anilines is 1. The molecule has 43 heavy (non-hydrogen) atoms. The molecule has 1 heterocycles. The molecule has 2 unspecified atom stereocenters. The van der Waals surface area contributed by atoms with E-state index in [9.17, 15) is 4.79 Å². The minimum Gasteiger partial charge on any atom is -0.355 e. The lowest BCUT2D eigenvalue weighted by Gasteiger charge is -2.29. The Morgan fingerprint density at radius 3 is 2.26 bits per heavy atom. The van der Waals surface area contributed by atoms with Crippen molar-refractivity contribution in [3.63, 3.8) is 0 Å². The van der Waals surface area contributed by atoms with Crippen LogP contribution < -0.4 is 5.32 Å². The second kappa shape index (κ2) is 16.6. The van der Waals surface area contributed by atoms with E-state index in [-0.39, 0.29) is 17.6 Å². The predicted molar refractivity (Wildman–Crippen MR) is 190 cm³/mol. The number of ketones is 1. The van der Waals surface area contributed by atoms with Gasteiger partial charge in [-0.1, -0.05) is 97.0 Å². The third-order valence-electron chi connectivity index (χ3n) is 8.75. The number of hydrogen-bond donors (Lipinski definition) is 1. The van der Waals surface area contributed by atoms with Gasteiger partial charge in [-0.3, -0.25) is 4.79 Å². The predicted octanol–water partition coefficient (Wildman–Crippen LogP) is 12.2. The molecule has 1 aliphatic carbocycles. The van der Waals surface area contributed by atoms with E-state index >= 15 is 0 Å². The van der Waals surface area contributed by atoms with Crippen LogP contribution in [-0.4, -0.2) is 5.78 Å². The van der Waals surface area contributed by atoms with Crippen molar-refractivity contribution in [2.75, 3.05) is 5.32 Å². The Hall–Kier alpha value is -3.17. The van der Waals surface area contributed by atoms with Gasteiger partial charge in [-0.25, -0.2) is 0 Å². The standard InChI is InChI=1S/C38H47NOS.C2H6/c1-8-14-35(38(40)29(7)28(6)30-15-11-10-12-16-30)34-18-13-17-32(24-33-21-19-27(5)41-33)37(34)39-36-22-20-31(23-26(36)4)25(3)9-2;1-2/h10-12,14-16,19-25,28-29,39H,8-9,13,17-18H2,1-7H3;1-2H3/b32-24+,35-14-;/t25?,28-,29?;/m0./s1. The maximum absolute atomic E-state index is 14.3. The summed E-state index contributed by atoms with van der Waals surface area (Å²) in [6.45, 7) is 19.3. The quantitative estimate of drug-likeness (QED) is 0.223. The molecular formula is C40H53NOS. The summed E-state index contributed by atoms with van der Waals surface area (Å²) < 4.78 is 0. The lowest BCUT2D eigenvalue weighted by Crippen LogP contribution is -2.23. The largest absolute Gasteiger partial charge is 0.355 e. The van der Waals surface area contributed by atoms with Crippen LogP contribution in [0.3, 0.4) is 0 Å². The molecule has 1 aliphatic rings. The first-order valence-corrected chi connectivity index (χ1v) is 17.2. The van der Waals surface area contributed by atoms with E-state index in [1.165, 1.54) is 37.6 Å². The van der Waals surface area contributed by atoms with Crippen molar-refractivity contribution in [2.45, 2.75) is 106 Å². The van der Waals surface area contributed by atoms with Gasteiger partial charge < -0.3 is 5.32 Å². The molecule has 0 amide bonds. The van der Waals surface area contributed by atoms with Crippen LogP contribution in [0.15, 0.2) is 89.2 Å². The van der Waals surface area contributed by atoms with Gasteiger partial charge in [0.2, 0.25) is 0 Å². The summed E-state index contributed by atoms with van der Waals surface area (Å²) in [5.41, 5.74) is 9.42. The summed E-state index contributed by atoms with van der Waals surface area (Å²) in [6, 6.07) is 21.7. The number of carbonyl (C=O) groups excluding carboxylic acids is 1. The molecule has 1 N–H and O–H groups in total. The van der Waals surface area contributed by atoms with Crippen LogP contribution in [0.4, 0.5) is 5.69 Å². The van der Waals surface area contributed by atoms with E-state index in [1.807, 2.05) is 31.3 Å². The molecule has 0 aliphatic heterocycles. The molecule has 0 fully saturated rings. The molecule has 0 saturated heterocycles. The van der Waals surface area contributed by atoms with Gasteiger partial charge in [-0.05, 0) is 110 Å². The highest BCUT2D eigenvalue weighted by atomic mass is 32.1. The maximum atomic E-state index is 14.3. The van der Waals surface area contributed by atoms with Crippen LogP contribution >= 0.6 is 11.3 Å². The molecule has 2 nitrogen and oxygen atoms in total. The molecule has 1 aromatic heterocycles. The Morgan fingerprint density at radius 2 is 1.65 bits per heavy atom. The Bertz CT molecular complexity index is 1440. The van der Waals surface area contributed by atoms with Gasteiger partial charge >= 0.3 is 0 Å². The lowest BCUT2D eigenvalue weighted by molar-refractivity contribution is -0.119. The van der Waals surface area contributed by atoms with Gasteiger partial charge in [0.1, 0.15) is 0 Å². The first kappa shape index (κ1) is 34.3. The van der Waals surface area contributed by atoms with Crippen LogP contribution in [-0.2, 0) is 4.79 Å². The fourth-order valence-corrected chi connectivity index (χ4v) is 6.61. The third kappa shape index (κ3) is 8.70. The van der Waals surface area contributed by atoms with Gasteiger partial charge in [-0.15, -0.1) is 11.3 Å². The number of benzene rings is 2. The average Bonchev–Trinajstić information content (AvgIpc) is 3.45. The number of thiophene rings is 1. The van der Waals surface area contributed by atoms with Gasteiger partial charge in [0, 0.05) is 32.6 Å². The number of carbonyl (C=O) groups is 1. The van der Waals surface area contributed by atoms with Crippen molar-refractivity contribution in [3.8, 4) is 0 Å². The van der Waals surface area contributed by atoms with E-state index in [2.05, 4.69) is 121 Å². The minimum absolute atomic E-state index is 0.116. The van der Waals surface area contributed by atoms with E-state index in [0.29, 0.717) is 5.92 Å². The fourth-order valence-electron chi connectivity index (χ4n) is 5.77. The molecular weight excluding hydrogens is 543 g/mol. The van der Waals surface area contributed by atoms with Crippen LogP contribution in [0.5, 0.6) is 0 Å². The van der Waals surface area contributed by atoms with Crippen molar-refractivity contribution in [1.82, 2.24) is 0 Å². The van der Waals surface area contributed by atoms with Crippen LogP contribution in [0.1, 0.15) is 119 Å². The molecule has 0 radical (unpaired) electrons. The number of nitrogens with one attached hydrogen (secondary N) is 1. The van der Waals surface area contributed by atoms with Crippen molar-refractivity contribution >= 4 is 28.9 Å². The second-order valence-electron chi connectivity index (χ2n) is 11.7. The van der Waals surface area contributed by atoms with Gasteiger partial charge in [0.15, 0.2) is 5.78 Å². The van der Waals surface area contributed by atoms with Crippen molar-refractivity contribution in [2.24, 2.45) is 5.92 Å². The second-order valence-corrected chi connectivity index (χ2v) is 13.0. The third-order valence-corrected chi connectivity index (χ3v) is 9.70. The normalized spacial score (nSPS) is 16.8. The Labute approximate surface area is 266 Å². The van der Waals surface area contributed by atoms with E-state index in [1.54, 1.807) is 0 Å². The Kier molecular flexibility index (Phi) is 13.3. The SMILES string of the molecule is CC.CC/C=C(\C(=O)C(C)[C@H](C)c1ccccc1)C1=C(Nc2ccc(C(C)CC)cc2C)/C(=C/c2ccc(C)s2)CCC1. The van der Waals surface area contributed by atoms with E-state index in [0.717, 1.165) is 49.1 Å². The zero-order chi connectivity index (χ0) is 31.5. The van der Waals surface area contributed by atoms with Crippen LogP contribution in [0, 0.1) is 19.8 Å². The van der Waals surface area contributed by atoms with Crippen molar-refractivity contribution < 1.29 is 4.79 Å². The van der Waals surface area contributed by atoms with Gasteiger partial charge in [-0.2, -0.15) is 0 Å². The molecule has 3 aromatic rings. The lowest BCUT2D eigenvalue weighted by atomic mass is 9.78. The average molecular weight is 596 g/mol. The van der Waals surface area contributed by atoms with Crippen molar-refractivity contribution in [1.29, 1.82) is 0 Å². The van der Waals surface area contributed by atoms with E-state index in [4.69, 9.17) is 0 Å². The van der Waals surface area contributed by atoms with Gasteiger partial charge in [0.05, 0.1) is 0 Å². The van der Waals surface area contributed by atoms with Crippen LogP contribution in [0.25, 0.3) is 6.08 Å². The van der Waals surface area contributed by atoms with Crippen molar-refractivity contribution in [3.05, 3.63) is 116 Å². The highest BCUT2D eigenvalue weighted by molar-refractivity contribution is 7.12. The molecule has 0 spiro atoms. The molecule has 4 rings (SSSR count). The van der Waals surface area contributed by atoms with Crippen LogP contribution in [0.2, 0.25) is 0 Å². The molecule has 0 bridgehead atoms. The first-order valence-electron chi connectivity index (χ1n) is 16.4.